The molecular formula is C10H15N5O7W. The number of nitrogens with two attached hydrogens (primary N) is 1. The number of aromatic nitrogens is 4. The van der Waals surface area contributed by atoms with E-state index in [1.54, 1.807) is 0 Å². The van der Waals surface area contributed by atoms with Crippen LogP contribution in [0.15, 0.2) is 12.7 Å². The molecule has 1 fully saturated rings. The van der Waals surface area contributed by atoms with Crippen LogP contribution in [-0.2, 0) is 26.2 Å². The van der Waals surface area contributed by atoms with Crippen LogP contribution in [0, 0.1) is 0 Å². The van der Waals surface area contributed by atoms with Gasteiger partial charge in [0.15, 0.2) is 17.7 Å². The van der Waals surface area contributed by atoms with Gasteiger partial charge in [0.1, 0.15) is 30.2 Å². The molecular weight excluding hydrogens is 486 g/mol. The number of hydrogen-bond donors (Lipinski definition) is 6. The van der Waals surface area contributed by atoms with E-state index in [1.807, 2.05) is 0 Å². The van der Waals surface area contributed by atoms with Crippen molar-refractivity contribution >= 4 is 17.0 Å². The van der Waals surface area contributed by atoms with Crippen molar-refractivity contribution in [1.82, 2.24) is 19.5 Å². The summed E-state index contributed by atoms with van der Waals surface area (Å²) in [6, 6.07) is 0. The third kappa shape index (κ3) is 3.75. The molecule has 0 amide bonds. The van der Waals surface area contributed by atoms with Crippen molar-refractivity contribution in [2.45, 2.75) is 24.5 Å². The first-order chi connectivity index (χ1) is 10.9. The van der Waals surface area contributed by atoms with Gasteiger partial charge < -0.3 is 25.8 Å². The molecule has 23 heavy (non-hydrogen) atoms. The van der Waals surface area contributed by atoms with Gasteiger partial charge in [0.25, 0.3) is 0 Å². The molecule has 2 aromatic rings. The van der Waals surface area contributed by atoms with E-state index in [0.29, 0.717) is 11.2 Å². The molecule has 1 aliphatic rings. The van der Waals surface area contributed by atoms with Crippen molar-refractivity contribution < 1.29 is 49.0 Å². The SMILES string of the molecule is Nc1ncnc2c1ncn2[C@@H]1O[C@H](CO)[C@@H](O)[C@H]1O.[O]=[W]([OH])[OH]. The zero-order chi connectivity index (χ0) is 17.1. The van der Waals surface area contributed by atoms with Crippen LogP contribution in [0.25, 0.3) is 11.2 Å². The van der Waals surface area contributed by atoms with E-state index in [2.05, 4.69) is 15.0 Å². The van der Waals surface area contributed by atoms with E-state index in [1.165, 1.54) is 17.2 Å². The number of nitrogen functional groups attached to an aromatic ring is 1. The van der Waals surface area contributed by atoms with Crippen molar-refractivity contribution in [2.24, 2.45) is 0 Å². The van der Waals surface area contributed by atoms with Crippen LogP contribution in [0.2, 0.25) is 0 Å². The van der Waals surface area contributed by atoms with Gasteiger partial charge in [0.2, 0.25) is 0 Å². The van der Waals surface area contributed by atoms with Gasteiger partial charge >= 0.3 is 29.0 Å². The predicted molar refractivity (Wildman–Crippen MR) is 67.9 cm³/mol. The summed E-state index contributed by atoms with van der Waals surface area (Å²) in [5.74, 6) is 0.218. The fraction of sp³-hybridized carbons (Fsp3) is 0.500. The molecule has 0 radical (unpaired) electrons. The monoisotopic (exact) mass is 501 g/mol. The van der Waals surface area contributed by atoms with E-state index in [4.69, 9.17) is 26.5 Å². The molecule has 128 valence electrons. The van der Waals surface area contributed by atoms with E-state index in [0.717, 1.165) is 0 Å². The normalized spacial score (nSPS) is 27.2. The summed E-state index contributed by atoms with van der Waals surface area (Å²) in [5, 5.41) is 28.7. The molecule has 1 saturated heterocycles. The van der Waals surface area contributed by atoms with Crippen LogP contribution in [-0.4, -0.2) is 67.3 Å². The number of ether oxygens (including phenoxy) is 1. The number of anilines is 1. The van der Waals surface area contributed by atoms with Crippen molar-refractivity contribution in [3.63, 3.8) is 0 Å². The predicted octanol–water partition coefficient (Wildman–Crippen LogP) is -3.22. The Morgan fingerprint density at radius 1 is 1.26 bits per heavy atom. The average molecular weight is 501 g/mol. The summed E-state index contributed by atoms with van der Waals surface area (Å²) in [5.41, 5.74) is 6.44. The number of nitrogens with zero attached hydrogens (tertiary/aromatic N) is 4. The van der Waals surface area contributed by atoms with Crippen LogP contribution >= 0.6 is 0 Å². The molecule has 4 atom stereocenters. The van der Waals surface area contributed by atoms with Crippen LogP contribution < -0.4 is 5.73 Å². The van der Waals surface area contributed by atoms with Gasteiger partial charge in [-0.3, -0.25) is 4.57 Å². The molecule has 12 nitrogen and oxygen atoms in total. The molecule has 7 N–H and O–H groups in total. The Labute approximate surface area is 135 Å². The van der Waals surface area contributed by atoms with Crippen LogP contribution in [0.5, 0.6) is 0 Å². The molecule has 3 heterocycles. The van der Waals surface area contributed by atoms with Crippen molar-refractivity contribution in [3.8, 4) is 0 Å². The average Bonchev–Trinajstić information content (AvgIpc) is 3.02. The van der Waals surface area contributed by atoms with Gasteiger partial charge in [-0.15, -0.1) is 0 Å². The molecule has 0 aliphatic carbocycles. The summed E-state index contributed by atoms with van der Waals surface area (Å²) < 4.78 is 30.2. The van der Waals surface area contributed by atoms with E-state index in [-0.39, 0.29) is 5.82 Å². The summed E-state index contributed by atoms with van der Waals surface area (Å²) in [6.45, 7) is -0.390. The minimum atomic E-state index is -3.78. The number of fused-ring (bicyclic) bond motifs is 1. The zero-order valence-corrected chi connectivity index (χ0v) is 14.4. The van der Waals surface area contributed by atoms with Crippen molar-refractivity contribution in [3.05, 3.63) is 12.7 Å². The second kappa shape index (κ2) is 7.45. The summed E-state index contributed by atoms with van der Waals surface area (Å²) >= 11 is -3.78. The summed E-state index contributed by atoms with van der Waals surface area (Å²) in [7, 11) is 0. The topological polar surface area (TPSA) is 197 Å². The van der Waals surface area contributed by atoms with Gasteiger partial charge in [0.05, 0.1) is 12.9 Å². The maximum absolute atomic E-state index is 9.95. The first kappa shape index (κ1) is 17.9. The minimum absolute atomic E-state index is 0.218. The van der Waals surface area contributed by atoms with Gasteiger partial charge in [0, 0.05) is 0 Å². The fourth-order valence-electron chi connectivity index (χ4n) is 2.17. The van der Waals surface area contributed by atoms with Crippen LogP contribution in [0.3, 0.4) is 0 Å². The van der Waals surface area contributed by atoms with Crippen LogP contribution in [0.4, 0.5) is 5.82 Å². The van der Waals surface area contributed by atoms with Crippen molar-refractivity contribution in [2.75, 3.05) is 12.3 Å². The molecule has 2 aromatic heterocycles. The Morgan fingerprint density at radius 2 is 1.91 bits per heavy atom. The Balaban J connectivity index is 0.000000433. The quantitative estimate of drug-likeness (QED) is 0.242. The van der Waals surface area contributed by atoms with E-state index < -0.39 is 49.2 Å². The fourth-order valence-corrected chi connectivity index (χ4v) is 2.17. The molecule has 0 unspecified atom stereocenters. The Morgan fingerprint density at radius 3 is 2.48 bits per heavy atom. The first-order valence-corrected chi connectivity index (χ1v) is 10.0. The van der Waals surface area contributed by atoms with Crippen LogP contribution in [0.1, 0.15) is 6.23 Å². The molecule has 0 saturated carbocycles. The molecule has 13 heteroatoms. The number of aliphatic hydroxyl groups is 3. The third-order valence-electron chi connectivity index (χ3n) is 3.18. The zero-order valence-electron chi connectivity index (χ0n) is 11.5. The molecule has 0 aromatic carbocycles. The third-order valence-corrected chi connectivity index (χ3v) is 3.18. The molecule has 0 bridgehead atoms. The molecule has 1 aliphatic heterocycles. The number of aliphatic hydroxyl groups excluding tert-OH is 3. The Hall–Kier alpha value is -1.40. The molecule has 0 spiro atoms. The second-order valence-corrected chi connectivity index (χ2v) is 6.20. The Kier molecular flexibility index (Phi) is 5.81. The maximum atomic E-state index is 9.95. The van der Waals surface area contributed by atoms with Gasteiger partial charge in [-0.05, 0) is 0 Å². The summed E-state index contributed by atoms with van der Waals surface area (Å²) in [4.78, 5) is 11.9. The van der Waals surface area contributed by atoms with Gasteiger partial charge in [-0.25, -0.2) is 15.0 Å². The Bertz CT molecular complexity index is 693. The van der Waals surface area contributed by atoms with Gasteiger partial charge in [-0.2, -0.15) is 0 Å². The van der Waals surface area contributed by atoms with E-state index >= 15 is 0 Å². The standard InChI is InChI=1S/C10H13N5O4.2H2O.O.W/c11-8-5-9(13-2-12-8)15(3-14-5)10-7(18)6(17)4(1-16)19-10;;;;/h2-4,6-7,10,16-18H,1H2,(H2,11,12,13);2*1H2;;/q;;;;+2/p-2/t4-,6-,7-,10-;;;;/m1..../s1. The van der Waals surface area contributed by atoms with Crippen molar-refractivity contribution in [1.29, 1.82) is 0 Å². The van der Waals surface area contributed by atoms with E-state index in [9.17, 15) is 10.2 Å². The first-order valence-electron chi connectivity index (χ1n) is 6.22. The molecule has 3 rings (SSSR count). The number of imidazole rings is 1. The van der Waals surface area contributed by atoms with Gasteiger partial charge in [-0.1, -0.05) is 0 Å². The number of rotatable bonds is 2. The summed E-state index contributed by atoms with van der Waals surface area (Å²) in [6.07, 6.45) is -1.42. The second-order valence-electron chi connectivity index (χ2n) is 4.54. The number of hydrogen-bond acceptors (Lipinski definition) is 9.